The molecule has 0 saturated carbocycles. The summed E-state index contributed by atoms with van der Waals surface area (Å²) in [7, 11) is 5.79. The Hall–Kier alpha value is -4.01. The van der Waals surface area contributed by atoms with Crippen LogP contribution in [0, 0.1) is 5.92 Å². The lowest BCUT2D eigenvalue weighted by Crippen LogP contribution is -2.57. The number of aromatic nitrogens is 1. The first-order valence-corrected chi connectivity index (χ1v) is 16.6. The minimum atomic E-state index is -0.774. The molecule has 1 aromatic heterocycles. The summed E-state index contributed by atoms with van der Waals surface area (Å²) in [6.07, 6.45) is 4.52. The Morgan fingerprint density at radius 1 is 1.07 bits per heavy atom. The van der Waals surface area contributed by atoms with E-state index in [4.69, 9.17) is 16.3 Å². The fraction of sp³-hybridized carbons (Fsp3) is 0.405. The summed E-state index contributed by atoms with van der Waals surface area (Å²) in [5.74, 6) is 1.04. The van der Waals surface area contributed by atoms with E-state index in [2.05, 4.69) is 47.5 Å². The Morgan fingerprint density at radius 2 is 1.85 bits per heavy atom. The summed E-state index contributed by atoms with van der Waals surface area (Å²) in [5.41, 5.74) is 5.17. The summed E-state index contributed by atoms with van der Waals surface area (Å²) >= 11 is 6.43. The van der Waals surface area contributed by atoms with Crippen LogP contribution in [-0.4, -0.2) is 80.1 Å². The fourth-order valence-corrected chi connectivity index (χ4v) is 7.51. The van der Waals surface area contributed by atoms with Crippen LogP contribution in [0.3, 0.4) is 0 Å². The Morgan fingerprint density at radius 3 is 2.61 bits per heavy atom. The largest absolute Gasteiger partial charge is 0.497 e. The van der Waals surface area contributed by atoms with E-state index in [0.717, 1.165) is 59.3 Å². The van der Waals surface area contributed by atoms with Gasteiger partial charge in [-0.3, -0.25) is 4.79 Å². The number of H-pyrrole nitrogens is 1. The van der Waals surface area contributed by atoms with Gasteiger partial charge < -0.3 is 29.7 Å². The number of urea groups is 1. The number of hydrogen-bond donors (Lipinski definition) is 2. The molecule has 0 spiro atoms. The van der Waals surface area contributed by atoms with Crippen LogP contribution in [-0.2, 0) is 11.2 Å². The Labute approximate surface area is 276 Å². The predicted octanol–water partition coefficient (Wildman–Crippen LogP) is 6.66. The topological polar surface area (TPSA) is 80.9 Å². The third kappa shape index (κ3) is 6.74. The number of halogens is 1. The molecule has 2 aliphatic rings. The average molecular weight is 642 g/mol. The maximum Gasteiger partial charge on any atom is 0.318 e. The number of ether oxygens (including phenoxy) is 1. The number of carbonyl (C=O) groups is 2. The lowest BCUT2D eigenvalue weighted by atomic mass is 9.88. The molecular formula is C37H44ClN5O3. The van der Waals surface area contributed by atoms with Gasteiger partial charge in [0.05, 0.1) is 7.11 Å². The van der Waals surface area contributed by atoms with Gasteiger partial charge in [0.2, 0.25) is 5.91 Å². The highest BCUT2D eigenvalue weighted by Crippen LogP contribution is 2.36. The molecule has 2 aliphatic heterocycles. The molecule has 3 amide bonds. The van der Waals surface area contributed by atoms with Crippen LogP contribution < -0.4 is 15.0 Å². The van der Waals surface area contributed by atoms with Gasteiger partial charge in [-0.2, -0.15) is 0 Å². The highest BCUT2D eigenvalue weighted by Gasteiger charge is 2.38. The van der Waals surface area contributed by atoms with E-state index in [9.17, 15) is 9.59 Å². The number of fused-ring (bicyclic) bond motifs is 2. The van der Waals surface area contributed by atoms with Crippen LogP contribution in [0.2, 0.25) is 5.02 Å². The zero-order valence-electron chi connectivity index (χ0n) is 27.1. The number of benzene rings is 3. The summed E-state index contributed by atoms with van der Waals surface area (Å²) in [6, 6.07) is 21.1. The van der Waals surface area contributed by atoms with Gasteiger partial charge >= 0.3 is 6.03 Å². The molecule has 242 valence electrons. The number of carbonyl (C=O) groups excluding carboxylic acids is 2. The van der Waals surface area contributed by atoms with Crippen molar-refractivity contribution in [2.75, 3.05) is 52.3 Å². The van der Waals surface area contributed by atoms with Gasteiger partial charge in [-0.25, -0.2) is 4.79 Å². The number of methoxy groups -OCH3 is 1. The van der Waals surface area contributed by atoms with Gasteiger partial charge in [-0.1, -0.05) is 48.9 Å². The van der Waals surface area contributed by atoms with E-state index in [0.29, 0.717) is 30.6 Å². The van der Waals surface area contributed by atoms with E-state index in [-0.39, 0.29) is 23.8 Å². The van der Waals surface area contributed by atoms with Crippen LogP contribution in [0.1, 0.15) is 48.3 Å². The second-order valence-corrected chi connectivity index (χ2v) is 13.5. The second-order valence-electron chi connectivity index (χ2n) is 13.1. The zero-order valence-corrected chi connectivity index (χ0v) is 27.9. The number of nitrogens with zero attached hydrogens (tertiary/aromatic N) is 3. The molecule has 8 nitrogen and oxygen atoms in total. The Balaban J connectivity index is 1.27. The van der Waals surface area contributed by atoms with Crippen molar-refractivity contribution in [3.63, 3.8) is 0 Å². The van der Waals surface area contributed by atoms with Crippen molar-refractivity contribution in [2.45, 2.75) is 44.1 Å². The molecule has 6 rings (SSSR count). The number of nitrogens with one attached hydrogen (secondary N) is 2. The SMILES string of the molecule is COc1cccc(C2CCN(C(=O)NC(C(=O)N3C[C@@H](CN(C)C)Cc4cc(Cl)ccc43)C(C)c3c[nH]c4ccccc34)CC2)c1. The van der Waals surface area contributed by atoms with E-state index >= 15 is 0 Å². The fourth-order valence-electron chi connectivity index (χ4n) is 7.31. The predicted molar refractivity (Wildman–Crippen MR) is 185 cm³/mol. The molecule has 2 N–H and O–H groups in total. The van der Waals surface area contributed by atoms with Crippen LogP contribution in [0.25, 0.3) is 10.9 Å². The van der Waals surface area contributed by atoms with Gasteiger partial charge in [0, 0.05) is 59.9 Å². The number of hydrogen-bond acceptors (Lipinski definition) is 4. The number of anilines is 1. The summed E-state index contributed by atoms with van der Waals surface area (Å²) < 4.78 is 5.43. The van der Waals surface area contributed by atoms with E-state index < -0.39 is 6.04 Å². The quantitative estimate of drug-likeness (QED) is 0.226. The highest BCUT2D eigenvalue weighted by atomic mass is 35.5. The monoisotopic (exact) mass is 641 g/mol. The van der Waals surface area contributed by atoms with Crippen LogP contribution in [0.4, 0.5) is 10.5 Å². The molecule has 0 aliphatic carbocycles. The molecule has 9 heteroatoms. The number of aromatic amines is 1. The average Bonchev–Trinajstić information content (AvgIpc) is 3.50. The molecule has 1 fully saturated rings. The van der Waals surface area contributed by atoms with Crippen molar-refractivity contribution in [1.82, 2.24) is 20.1 Å². The molecule has 3 atom stereocenters. The van der Waals surface area contributed by atoms with Crippen LogP contribution in [0.5, 0.6) is 5.75 Å². The number of para-hydroxylation sites is 1. The first kappa shape index (κ1) is 32.0. The molecule has 3 heterocycles. The molecular weight excluding hydrogens is 598 g/mol. The number of likely N-dealkylation sites (tertiary alicyclic amines) is 1. The first-order valence-electron chi connectivity index (χ1n) is 16.2. The number of rotatable bonds is 8. The lowest BCUT2D eigenvalue weighted by Gasteiger charge is -2.39. The van der Waals surface area contributed by atoms with Gasteiger partial charge in [0.25, 0.3) is 0 Å². The number of piperidine rings is 1. The third-order valence-corrected chi connectivity index (χ3v) is 9.91. The molecule has 3 aromatic carbocycles. The molecule has 1 saturated heterocycles. The molecule has 2 unspecified atom stereocenters. The summed E-state index contributed by atoms with van der Waals surface area (Å²) in [4.78, 5) is 38.0. The van der Waals surface area contributed by atoms with E-state index in [1.54, 1.807) is 7.11 Å². The summed E-state index contributed by atoms with van der Waals surface area (Å²) in [6.45, 7) is 4.69. The molecule has 46 heavy (non-hydrogen) atoms. The van der Waals surface area contributed by atoms with Gasteiger partial charge in [0.15, 0.2) is 0 Å². The van der Waals surface area contributed by atoms with Gasteiger partial charge in [-0.05, 0) is 98.3 Å². The molecule has 0 bridgehead atoms. The van der Waals surface area contributed by atoms with E-state index in [1.807, 2.05) is 71.5 Å². The lowest BCUT2D eigenvalue weighted by molar-refractivity contribution is -0.121. The van der Waals surface area contributed by atoms with E-state index in [1.165, 1.54) is 5.56 Å². The van der Waals surface area contributed by atoms with Gasteiger partial charge in [-0.15, -0.1) is 0 Å². The first-order chi connectivity index (χ1) is 22.2. The molecule has 0 radical (unpaired) electrons. The van der Waals surface area contributed by atoms with Crippen molar-refractivity contribution in [2.24, 2.45) is 5.92 Å². The maximum atomic E-state index is 14.8. The van der Waals surface area contributed by atoms with Gasteiger partial charge in [0.1, 0.15) is 11.8 Å². The smallest absolute Gasteiger partial charge is 0.318 e. The third-order valence-electron chi connectivity index (χ3n) is 9.68. The van der Waals surface area contributed by atoms with Crippen molar-refractivity contribution < 1.29 is 14.3 Å². The Bertz CT molecular complexity index is 1700. The minimum absolute atomic E-state index is 0.107. The zero-order chi connectivity index (χ0) is 32.4. The maximum absolute atomic E-state index is 14.8. The highest BCUT2D eigenvalue weighted by molar-refractivity contribution is 6.30. The normalized spacial score (nSPS) is 18.3. The second kappa shape index (κ2) is 13.8. The summed E-state index contributed by atoms with van der Waals surface area (Å²) in [5, 5.41) is 4.94. The van der Waals surface area contributed by atoms with Crippen molar-refractivity contribution in [1.29, 1.82) is 0 Å². The molecule has 4 aromatic rings. The minimum Gasteiger partial charge on any atom is -0.497 e. The van der Waals surface area contributed by atoms with Crippen LogP contribution >= 0.6 is 11.6 Å². The van der Waals surface area contributed by atoms with Crippen molar-refractivity contribution >= 4 is 40.1 Å². The number of amides is 3. The van der Waals surface area contributed by atoms with Crippen molar-refractivity contribution in [3.05, 3.63) is 94.6 Å². The van der Waals surface area contributed by atoms with Crippen molar-refractivity contribution in [3.8, 4) is 5.75 Å². The van der Waals surface area contributed by atoms with Crippen LogP contribution in [0.15, 0.2) is 72.9 Å². The Kier molecular flexibility index (Phi) is 9.57. The standard InChI is InChI=1S/C37H44ClN5O3/c1-24(32-21-39-33-11-6-5-10-31(32)33)35(36(44)43-23-25(22-41(2)3)18-28-19-29(38)12-13-34(28)43)40-37(45)42-16-14-26(15-17-42)27-8-7-9-30(20-27)46-4/h5-13,19-21,24-26,35,39H,14-18,22-23H2,1-4H3,(H,40,45)/t24?,25-,35?/m1/s1.